The molecule has 2 N–H and O–H groups in total. The first-order valence-corrected chi connectivity index (χ1v) is 6.01. The molecule has 1 aliphatic heterocycles. The van der Waals surface area contributed by atoms with Gasteiger partial charge in [-0.15, -0.1) is 12.6 Å². The van der Waals surface area contributed by atoms with E-state index in [-0.39, 0.29) is 18.0 Å². The van der Waals surface area contributed by atoms with Crippen molar-refractivity contribution in [2.75, 3.05) is 13.1 Å². The van der Waals surface area contributed by atoms with Crippen LogP contribution in [0.15, 0.2) is 23.1 Å². The molecule has 6 heteroatoms. The molecule has 1 aliphatic rings. The zero-order valence-corrected chi connectivity index (χ0v) is 10.5. The van der Waals surface area contributed by atoms with Crippen LogP contribution in [0.2, 0.25) is 0 Å². The smallest absolute Gasteiger partial charge is 0.256 e. The highest BCUT2D eigenvalue weighted by Gasteiger charge is 2.31. The van der Waals surface area contributed by atoms with Crippen LogP contribution >= 0.6 is 12.6 Å². The molecule has 1 heterocycles. The van der Waals surface area contributed by atoms with Crippen molar-refractivity contribution in [3.05, 3.63) is 29.6 Å². The van der Waals surface area contributed by atoms with E-state index in [1.54, 1.807) is 0 Å². The number of likely N-dealkylation sites (tertiary alicyclic amines) is 1. The lowest BCUT2D eigenvalue weighted by Gasteiger charge is -2.16. The molecule has 1 fully saturated rings. The number of nitrogens with zero attached hydrogens (tertiary/aromatic N) is 1. The van der Waals surface area contributed by atoms with E-state index in [0.29, 0.717) is 17.9 Å². The second-order valence-corrected chi connectivity index (χ2v) is 4.82. The second-order valence-electron chi connectivity index (χ2n) is 4.30. The van der Waals surface area contributed by atoms with Crippen molar-refractivity contribution in [3.8, 4) is 0 Å². The van der Waals surface area contributed by atoms with E-state index >= 15 is 0 Å². The van der Waals surface area contributed by atoms with Crippen LogP contribution in [0.5, 0.6) is 0 Å². The lowest BCUT2D eigenvalue weighted by atomic mass is 10.1. The molecule has 0 bridgehead atoms. The fourth-order valence-electron chi connectivity index (χ4n) is 2.02. The van der Waals surface area contributed by atoms with Crippen LogP contribution in [0.1, 0.15) is 16.8 Å². The standard InChI is InChI=1S/C12H13FN2O2S/c13-10-2-1-8(18)5-9(10)12(17)15-4-3-7(6-15)11(14)16/h1-2,5,7,18H,3-4,6H2,(H2,14,16). The third kappa shape index (κ3) is 2.48. The average Bonchev–Trinajstić information content (AvgIpc) is 2.81. The fourth-order valence-corrected chi connectivity index (χ4v) is 2.23. The molecule has 1 atom stereocenters. The fraction of sp³-hybridized carbons (Fsp3) is 0.333. The zero-order valence-electron chi connectivity index (χ0n) is 9.60. The summed E-state index contributed by atoms with van der Waals surface area (Å²) in [4.78, 5) is 25.1. The topological polar surface area (TPSA) is 63.4 Å². The number of primary amides is 1. The van der Waals surface area contributed by atoms with Gasteiger partial charge in [-0.2, -0.15) is 0 Å². The maximum absolute atomic E-state index is 13.6. The van der Waals surface area contributed by atoms with Gasteiger partial charge in [-0.05, 0) is 24.6 Å². The number of halogens is 1. The van der Waals surface area contributed by atoms with Crippen LogP contribution in [0, 0.1) is 11.7 Å². The van der Waals surface area contributed by atoms with Gasteiger partial charge in [-0.3, -0.25) is 9.59 Å². The van der Waals surface area contributed by atoms with Crippen molar-refractivity contribution in [3.63, 3.8) is 0 Å². The summed E-state index contributed by atoms with van der Waals surface area (Å²) >= 11 is 4.08. The molecule has 4 nitrogen and oxygen atoms in total. The Morgan fingerprint density at radius 1 is 1.44 bits per heavy atom. The number of carbonyl (C=O) groups excluding carboxylic acids is 2. The number of carbonyl (C=O) groups is 2. The predicted molar refractivity (Wildman–Crippen MR) is 66.9 cm³/mol. The van der Waals surface area contributed by atoms with Crippen LogP contribution in [0.3, 0.4) is 0 Å². The van der Waals surface area contributed by atoms with E-state index in [2.05, 4.69) is 12.6 Å². The van der Waals surface area contributed by atoms with Crippen LogP contribution in [0.4, 0.5) is 4.39 Å². The highest BCUT2D eigenvalue weighted by molar-refractivity contribution is 7.80. The van der Waals surface area contributed by atoms with Crippen molar-refractivity contribution in [2.24, 2.45) is 11.7 Å². The first-order chi connectivity index (χ1) is 8.49. The van der Waals surface area contributed by atoms with E-state index < -0.39 is 17.6 Å². The summed E-state index contributed by atoms with van der Waals surface area (Å²) in [6, 6.07) is 4.07. The predicted octanol–water partition coefficient (Wildman–Crippen LogP) is 1.06. The Hall–Kier alpha value is -1.56. The van der Waals surface area contributed by atoms with Gasteiger partial charge in [0.1, 0.15) is 5.82 Å². The Kier molecular flexibility index (Phi) is 3.56. The molecule has 0 spiro atoms. The maximum atomic E-state index is 13.6. The van der Waals surface area contributed by atoms with Gasteiger partial charge in [-0.25, -0.2) is 4.39 Å². The minimum Gasteiger partial charge on any atom is -0.369 e. The van der Waals surface area contributed by atoms with Crippen LogP contribution in [0.25, 0.3) is 0 Å². The summed E-state index contributed by atoms with van der Waals surface area (Å²) in [6.07, 6.45) is 0.531. The molecule has 0 radical (unpaired) electrons. The van der Waals surface area contributed by atoms with Gasteiger partial charge in [-0.1, -0.05) is 0 Å². The molecule has 1 saturated heterocycles. The number of amides is 2. The molecular weight excluding hydrogens is 255 g/mol. The molecule has 0 saturated carbocycles. The summed E-state index contributed by atoms with van der Waals surface area (Å²) in [7, 11) is 0. The summed E-state index contributed by atoms with van der Waals surface area (Å²) < 4.78 is 13.6. The van der Waals surface area contributed by atoms with Crippen molar-refractivity contribution in [1.82, 2.24) is 4.90 Å². The zero-order chi connectivity index (χ0) is 13.3. The summed E-state index contributed by atoms with van der Waals surface area (Å²) in [5.41, 5.74) is 5.17. The Morgan fingerprint density at radius 2 is 2.17 bits per heavy atom. The molecule has 1 aromatic carbocycles. The first kappa shape index (κ1) is 12.9. The Morgan fingerprint density at radius 3 is 2.78 bits per heavy atom. The number of nitrogens with two attached hydrogens (primary N) is 1. The van der Waals surface area contributed by atoms with Gasteiger partial charge < -0.3 is 10.6 Å². The number of hydrogen-bond donors (Lipinski definition) is 2. The van der Waals surface area contributed by atoms with Crippen molar-refractivity contribution in [2.45, 2.75) is 11.3 Å². The Balaban J connectivity index is 2.17. The molecule has 18 heavy (non-hydrogen) atoms. The minimum atomic E-state index is -0.583. The number of thiol groups is 1. The van der Waals surface area contributed by atoms with Crippen molar-refractivity contribution >= 4 is 24.4 Å². The molecule has 1 aromatic rings. The number of hydrogen-bond acceptors (Lipinski definition) is 3. The molecule has 0 aliphatic carbocycles. The van der Waals surface area contributed by atoms with E-state index in [9.17, 15) is 14.0 Å². The van der Waals surface area contributed by atoms with E-state index in [1.165, 1.54) is 23.1 Å². The SMILES string of the molecule is NC(=O)C1CCN(C(=O)c2cc(S)ccc2F)C1. The third-order valence-electron chi connectivity index (χ3n) is 3.06. The normalized spacial score (nSPS) is 19.0. The van der Waals surface area contributed by atoms with Crippen LogP contribution < -0.4 is 5.73 Å². The summed E-state index contributed by atoms with van der Waals surface area (Å²) in [6.45, 7) is 0.674. The quantitative estimate of drug-likeness (QED) is 0.788. The lowest BCUT2D eigenvalue weighted by Crippen LogP contribution is -2.32. The monoisotopic (exact) mass is 268 g/mol. The Bertz CT molecular complexity index is 507. The van der Waals surface area contributed by atoms with Crippen LogP contribution in [-0.4, -0.2) is 29.8 Å². The van der Waals surface area contributed by atoms with Crippen molar-refractivity contribution < 1.29 is 14.0 Å². The third-order valence-corrected chi connectivity index (χ3v) is 3.34. The van der Waals surface area contributed by atoms with Crippen molar-refractivity contribution in [1.29, 1.82) is 0 Å². The second kappa shape index (κ2) is 4.97. The first-order valence-electron chi connectivity index (χ1n) is 5.56. The van der Waals surface area contributed by atoms with Crippen LogP contribution in [-0.2, 0) is 4.79 Å². The summed E-state index contributed by atoms with van der Waals surface area (Å²) in [5, 5.41) is 0. The molecule has 0 aromatic heterocycles. The van der Waals surface area contributed by atoms with Gasteiger partial charge in [0.25, 0.3) is 5.91 Å². The maximum Gasteiger partial charge on any atom is 0.256 e. The highest BCUT2D eigenvalue weighted by atomic mass is 32.1. The van der Waals surface area contributed by atoms with Gasteiger partial charge in [0, 0.05) is 18.0 Å². The van der Waals surface area contributed by atoms with Gasteiger partial charge in [0.15, 0.2) is 0 Å². The minimum absolute atomic E-state index is 0.0207. The molecular formula is C12H13FN2O2S. The van der Waals surface area contributed by atoms with Gasteiger partial charge in [0.2, 0.25) is 5.91 Å². The van der Waals surface area contributed by atoms with Gasteiger partial charge in [0.05, 0.1) is 11.5 Å². The van der Waals surface area contributed by atoms with Gasteiger partial charge >= 0.3 is 0 Å². The molecule has 1 unspecified atom stereocenters. The molecule has 2 amide bonds. The van der Waals surface area contributed by atoms with E-state index in [0.717, 1.165) is 0 Å². The average molecular weight is 268 g/mol. The lowest BCUT2D eigenvalue weighted by molar-refractivity contribution is -0.121. The molecule has 2 rings (SSSR count). The summed E-state index contributed by atoms with van der Waals surface area (Å²) in [5.74, 6) is -1.77. The number of benzene rings is 1. The highest BCUT2D eigenvalue weighted by Crippen LogP contribution is 2.21. The largest absolute Gasteiger partial charge is 0.369 e. The Labute approximate surface area is 109 Å². The van der Waals surface area contributed by atoms with E-state index in [1.807, 2.05) is 0 Å². The molecule has 96 valence electrons. The number of rotatable bonds is 2. The van der Waals surface area contributed by atoms with E-state index in [4.69, 9.17) is 5.73 Å².